The highest BCUT2D eigenvalue weighted by Gasteiger charge is 2.12. The number of rotatable bonds is 6. The fourth-order valence-electron chi connectivity index (χ4n) is 2.32. The van der Waals surface area contributed by atoms with Gasteiger partial charge in [0, 0.05) is 11.3 Å². The van der Waals surface area contributed by atoms with Gasteiger partial charge >= 0.3 is 0 Å². The van der Waals surface area contributed by atoms with Crippen molar-refractivity contribution in [3.8, 4) is 5.75 Å². The summed E-state index contributed by atoms with van der Waals surface area (Å²) >= 11 is 1.57. The van der Waals surface area contributed by atoms with Crippen molar-refractivity contribution in [1.82, 2.24) is 14.6 Å². The zero-order valence-electron chi connectivity index (χ0n) is 14.0. The van der Waals surface area contributed by atoms with Crippen LogP contribution in [0.5, 0.6) is 5.75 Å². The Kier molecular flexibility index (Phi) is 4.80. The molecule has 0 radical (unpaired) electrons. The van der Waals surface area contributed by atoms with Crippen LogP contribution in [-0.4, -0.2) is 27.1 Å². The molecule has 2 heterocycles. The van der Waals surface area contributed by atoms with Crippen LogP contribution in [0, 0.1) is 20.8 Å². The van der Waals surface area contributed by atoms with E-state index in [9.17, 15) is 4.79 Å². The quantitative estimate of drug-likeness (QED) is 0.695. The third-order valence-corrected chi connectivity index (χ3v) is 4.85. The van der Waals surface area contributed by atoms with E-state index in [1.165, 1.54) is 4.88 Å². The van der Waals surface area contributed by atoms with Gasteiger partial charge in [-0.3, -0.25) is 10.1 Å². The Morgan fingerprint density at radius 1 is 1.29 bits per heavy atom. The van der Waals surface area contributed by atoms with Gasteiger partial charge < -0.3 is 4.74 Å². The van der Waals surface area contributed by atoms with Crippen LogP contribution in [0.3, 0.4) is 0 Å². The van der Waals surface area contributed by atoms with Crippen molar-refractivity contribution in [2.75, 3.05) is 11.9 Å². The van der Waals surface area contributed by atoms with E-state index in [0.717, 1.165) is 22.0 Å². The normalized spacial score (nSPS) is 11.0. The largest absolute Gasteiger partial charge is 0.493 e. The number of amides is 1. The molecule has 7 heteroatoms. The number of thiazole rings is 1. The lowest BCUT2D eigenvalue weighted by Gasteiger charge is -2.08. The van der Waals surface area contributed by atoms with Gasteiger partial charge in [0.15, 0.2) is 0 Å². The fourth-order valence-corrected chi connectivity index (χ4v) is 3.22. The van der Waals surface area contributed by atoms with Crippen LogP contribution < -0.4 is 10.1 Å². The zero-order valence-corrected chi connectivity index (χ0v) is 14.8. The summed E-state index contributed by atoms with van der Waals surface area (Å²) in [4.78, 5) is 18.3. The van der Waals surface area contributed by atoms with Crippen LogP contribution in [0.25, 0.3) is 4.96 Å². The summed E-state index contributed by atoms with van der Waals surface area (Å²) in [6, 6.07) is 7.85. The number of hydrogen-bond acceptors (Lipinski definition) is 5. The van der Waals surface area contributed by atoms with E-state index in [2.05, 4.69) is 15.4 Å². The number of nitrogens with zero attached hydrogens (tertiary/aromatic N) is 3. The Labute approximate surface area is 144 Å². The van der Waals surface area contributed by atoms with Crippen molar-refractivity contribution in [3.63, 3.8) is 0 Å². The minimum absolute atomic E-state index is 0.101. The van der Waals surface area contributed by atoms with E-state index in [-0.39, 0.29) is 5.91 Å². The van der Waals surface area contributed by atoms with E-state index in [4.69, 9.17) is 4.74 Å². The second kappa shape index (κ2) is 7.00. The van der Waals surface area contributed by atoms with Gasteiger partial charge in [-0.1, -0.05) is 29.5 Å². The number of fused-ring (bicyclic) bond motifs is 1. The average molecular weight is 344 g/mol. The molecular formula is C17H20N4O2S. The maximum Gasteiger partial charge on any atom is 0.250 e. The number of carbonyl (C=O) groups excluding carboxylic acids is 1. The second-order valence-corrected chi connectivity index (χ2v) is 6.82. The van der Waals surface area contributed by atoms with Crippen molar-refractivity contribution in [1.29, 1.82) is 0 Å². The molecule has 0 aliphatic carbocycles. The molecule has 0 saturated carbocycles. The summed E-state index contributed by atoms with van der Waals surface area (Å²) in [6.45, 7) is 6.52. The van der Waals surface area contributed by atoms with Crippen LogP contribution in [0.4, 0.5) is 5.95 Å². The Hall–Kier alpha value is -2.41. The number of ether oxygens (including phenoxy) is 1. The molecule has 24 heavy (non-hydrogen) atoms. The molecule has 126 valence electrons. The van der Waals surface area contributed by atoms with Gasteiger partial charge in [0.05, 0.1) is 12.3 Å². The lowest BCUT2D eigenvalue weighted by molar-refractivity contribution is -0.116. The number of nitrogens with one attached hydrogen (secondary N) is 1. The first-order valence-corrected chi connectivity index (χ1v) is 8.67. The number of aromatic nitrogens is 3. The molecule has 0 bridgehead atoms. The van der Waals surface area contributed by atoms with Gasteiger partial charge in [0.25, 0.3) is 0 Å². The van der Waals surface area contributed by atoms with Crippen molar-refractivity contribution < 1.29 is 9.53 Å². The molecule has 0 atom stereocenters. The van der Waals surface area contributed by atoms with Gasteiger partial charge in [-0.05, 0) is 38.8 Å². The molecule has 0 unspecified atom stereocenters. The third kappa shape index (κ3) is 3.56. The predicted octanol–water partition coefficient (Wildman–Crippen LogP) is 3.51. The average Bonchev–Trinajstić information content (AvgIpc) is 3.05. The van der Waals surface area contributed by atoms with Crippen molar-refractivity contribution in [2.45, 2.75) is 33.6 Å². The highest BCUT2D eigenvalue weighted by molar-refractivity contribution is 7.17. The minimum Gasteiger partial charge on any atom is -0.493 e. The zero-order chi connectivity index (χ0) is 17.1. The smallest absolute Gasteiger partial charge is 0.250 e. The van der Waals surface area contributed by atoms with Crippen molar-refractivity contribution in [2.24, 2.45) is 0 Å². The fraction of sp³-hybridized carbons (Fsp3) is 0.353. The minimum atomic E-state index is -0.101. The summed E-state index contributed by atoms with van der Waals surface area (Å²) in [7, 11) is 0. The monoisotopic (exact) mass is 344 g/mol. The molecule has 0 spiro atoms. The van der Waals surface area contributed by atoms with Crippen LogP contribution >= 0.6 is 11.3 Å². The molecule has 3 aromatic rings. The Balaban J connectivity index is 1.47. The summed E-state index contributed by atoms with van der Waals surface area (Å²) in [5, 5.41) is 7.06. The lowest BCUT2D eigenvalue weighted by atomic mass is 10.2. The van der Waals surface area contributed by atoms with Crippen LogP contribution in [0.15, 0.2) is 24.3 Å². The van der Waals surface area contributed by atoms with Crippen molar-refractivity contribution in [3.05, 3.63) is 40.4 Å². The number of aryl methyl sites for hydroxylation is 3. The van der Waals surface area contributed by atoms with E-state index >= 15 is 0 Å². The van der Waals surface area contributed by atoms with Crippen LogP contribution in [0.2, 0.25) is 0 Å². The van der Waals surface area contributed by atoms with Crippen LogP contribution in [0.1, 0.15) is 29.0 Å². The van der Waals surface area contributed by atoms with Gasteiger partial charge in [0.1, 0.15) is 5.75 Å². The van der Waals surface area contributed by atoms with Crippen molar-refractivity contribution >= 4 is 28.2 Å². The molecule has 6 nitrogen and oxygen atoms in total. The number of anilines is 1. The van der Waals surface area contributed by atoms with E-state index < -0.39 is 0 Å². The molecule has 1 N–H and O–H groups in total. The topological polar surface area (TPSA) is 68.5 Å². The first-order valence-electron chi connectivity index (χ1n) is 7.85. The Morgan fingerprint density at radius 3 is 2.83 bits per heavy atom. The molecule has 1 aromatic carbocycles. The molecule has 3 rings (SSSR count). The summed E-state index contributed by atoms with van der Waals surface area (Å²) in [5.74, 6) is 1.12. The molecule has 0 aliphatic heterocycles. The third-order valence-electron chi connectivity index (χ3n) is 3.80. The number of para-hydroxylation sites is 1. The SMILES string of the molecule is Cc1ccccc1OCCCC(=O)Nc1nc2sc(C)c(C)n2n1. The lowest BCUT2D eigenvalue weighted by Crippen LogP contribution is -2.14. The first kappa shape index (κ1) is 16.4. The summed E-state index contributed by atoms with van der Waals surface area (Å²) in [5.41, 5.74) is 2.14. The molecule has 1 amide bonds. The van der Waals surface area contributed by atoms with Gasteiger partial charge in [0.2, 0.25) is 16.8 Å². The Morgan fingerprint density at radius 2 is 2.08 bits per heavy atom. The molecule has 0 saturated heterocycles. The standard InChI is InChI=1S/C17H20N4O2S/c1-11-7-4-5-8-14(11)23-10-6-9-15(22)18-16-19-17-21(20-16)12(2)13(3)24-17/h4-5,7-8H,6,9-10H2,1-3H3,(H,18,20,22). The summed E-state index contributed by atoms with van der Waals surface area (Å²) < 4.78 is 7.45. The Bertz CT molecular complexity index is 869. The predicted molar refractivity (Wildman–Crippen MR) is 94.9 cm³/mol. The van der Waals surface area contributed by atoms with Gasteiger partial charge in [-0.15, -0.1) is 5.10 Å². The number of carbonyl (C=O) groups is 1. The van der Waals surface area contributed by atoms with Gasteiger partial charge in [-0.25, -0.2) is 4.52 Å². The second-order valence-electron chi connectivity index (χ2n) is 5.64. The first-order chi connectivity index (χ1) is 11.5. The number of hydrogen-bond donors (Lipinski definition) is 1. The number of benzene rings is 1. The molecule has 2 aromatic heterocycles. The summed E-state index contributed by atoms with van der Waals surface area (Å²) in [6.07, 6.45) is 1.01. The molecular weight excluding hydrogens is 324 g/mol. The maximum atomic E-state index is 12.0. The molecule has 0 fully saturated rings. The van der Waals surface area contributed by atoms with E-state index in [0.29, 0.717) is 25.4 Å². The highest BCUT2D eigenvalue weighted by atomic mass is 32.1. The highest BCUT2D eigenvalue weighted by Crippen LogP contribution is 2.21. The molecule has 0 aliphatic rings. The van der Waals surface area contributed by atoms with Crippen LogP contribution in [-0.2, 0) is 4.79 Å². The van der Waals surface area contributed by atoms with Gasteiger partial charge in [-0.2, -0.15) is 4.98 Å². The van der Waals surface area contributed by atoms with E-state index in [1.54, 1.807) is 15.9 Å². The van der Waals surface area contributed by atoms with E-state index in [1.807, 2.05) is 45.0 Å². The maximum absolute atomic E-state index is 12.0.